The number of hydrogen-bond acceptors (Lipinski definition) is 3. The van der Waals surface area contributed by atoms with Crippen molar-refractivity contribution in [1.29, 1.82) is 0 Å². The molecule has 5 nitrogen and oxygen atoms in total. The molecule has 0 bridgehead atoms. The van der Waals surface area contributed by atoms with E-state index in [9.17, 15) is 23.9 Å². The van der Waals surface area contributed by atoms with Gasteiger partial charge in [-0.05, 0) is 30.5 Å². The van der Waals surface area contributed by atoms with Crippen LogP contribution in [0.25, 0.3) is 0 Å². The van der Waals surface area contributed by atoms with Crippen molar-refractivity contribution in [1.82, 2.24) is 0 Å². The minimum absolute atomic E-state index is 0.0244. The van der Waals surface area contributed by atoms with Gasteiger partial charge < -0.3 is 10.2 Å². The molecule has 1 aliphatic rings. The number of halogens is 1. The number of benzene rings is 1. The normalized spacial score (nSPS) is 26.2. The van der Waals surface area contributed by atoms with Gasteiger partial charge in [0, 0.05) is 6.42 Å². The van der Waals surface area contributed by atoms with E-state index >= 15 is 0 Å². The summed E-state index contributed by atoms with van der Waals surface area (Å²) in [6, 6.07) is 4.93. The zero-order chi connectivity index (χ0) is 14.9. The molecular weight excluding hydrogens is 267 g/mol. The summed E-state index contributed by atoms with van der Waals surface area (Å²) in [5.41, 5.74) is -1.13. The maximum absolute atomic E-state index is 13.0. The third-order valence-electron chi connectivity index (χ3n) is 3.84. The predicted molar refractivity (Wildman–Crippen MR) is 65.7 cm³/mol. The van der Waals surface area contributed by atoms with Crippen molar-refractivity contribution in [3.8, 4) is 0 Å². The topological polar surface area (TPSA) is 91.7 Å². The van der Waals surface area contributed by atoms with Gasteiger partial charge in [0.2, 0.25) is 0 Å². The molecular formula is C14H13FO5. The van der Waals surface area contributed by atoms with Gasteiger partial charge in [-0.1, -0.05) is 12.1 Å². The van der Waals surface area contributed by atoms with Crippen LogP contribution in [0, 0.1) is 11.7 Å². The van der Waals surface area contributed by atoms with Gasteiger partial charge in [-0.2, -0.15) is 0 Å². The first kappa shape index (κ1) is 14.2. The third-order valence-corrected chi connectivity index (χ3v) is 3.84. The van der Waals surface area contributed by atoms with Gasteiger partial charge in [-0.3, -0.25) is 14.4 Å². The first-order chi connectivity index (χ1) is 9.36. The Bertz CT molecular complexity index is 565. The Balaban J connectivity index is 2.45. The predicted octanol–water partition coefficient (Wildman–Crippen LogP) is 1.60. The zero-order valence-electron chi connectivity index (χ0n) is 10.5. The van der Waals surface area contributed by atoms with E-state index in [0.717, 1.165) is 12.1 Å². The molecule has 1 aromatic rings. The number of carboxylic acid groups (broad SMARTS) is 2. The summed E-state index contributed by atoms with van der Waals surface area (Å²) in [7, 11) is 0. The second-order valence-electron chi connectivity index (χ2n) is 4.96. The van der Waals surface area contributed by atoms with Crippen molar-refractivity contribution in [3.63, 3.8) is 0 Å². The Morgan fingerprint density at radius 2 is 1.80 bits per heavy atom. The van der Waals surface area contributed by atoms with E-state index in [1.807, 2.05) is 0 Å². The van der Waals surface area contributed by atoms with Crippen molar-refractivity contribution in [3.05, 3.63) is 35.6 Å². The van der Waals surface area contributed by atoms with Gasteiger partial charge in [0.05, 0.1) is 5.41 Å². The highest BCUT2D eigenvalue weighted by Crippen LogP contribution is 2.41. The van der Waals surface area contributed by atoms with Gasteiger partial charge in [-0.15, -0.1) is 0 Å². The number of carboxylic acids is 2. The summed E-state index contributed by atoms with van der Waals surface area (Å²) >= 11 is 0. The average molecular weight is 280 g/mol. The number of carbonyl (C=O) groups is 3. The summed E-state index contributed by atoms with van der Waals surface area (Å²) in [5.74, 6) is -4.80. The van der Waals surface area contributed by atoms with Crippen LogP contribution >= 0.6 is 0 Å². The summed E-state index contributed by atoms with van der Waals surface area (Å²) in [6.07, 6.45) is -0.390. The molecule has 1 fully saturated rings. The highest BCUT2D eigenvalue weighted by molar-refractivity contribution is 6.01. The molecule has 2 N–H and O–H groups in total. The molecule has 2 atom stereocenters. The number of carbonyl (C=O) groups excluding carboxylic acids is 1. The van der Waals surface area contributed by atoms with E-state index in [4.69, 9.17) is 5.11 Å². The van der Waals surface area contributed by atoms with Crippen LogP contribution in [0.2, 0.25) is 0 Å². The zero-order valence-corrected chi connectivity index (χ0v) is 10.5. The van der Waals surface area contributed by atoms with E-state index in [1.54, 1.807) is 0 Å². The number of rotatable bonds is 3. The van der Waals surface area contributed by atoms with E-state index < -0.39 is 34.9 Å². The van der Waals surface area contributed by atoms with Crippen LogP contribution < -0.4 is 0 Å². The van der Waals surface area contributed by atoms with Crippen LogP contribution in [0.4, 0.5) is 4.39 Å². The van der Waals surface area contributed by atoms with Gasteiger partial charge >= 0.3 is 11.9 Å². The van der Waals surface area contributed by atoms with Crippen LogP contribution in [-0.2, 0) is 19.8 Å². The molecule has 0 spiro atoms. The number of Topliss-reactive ketones (excluding diaryl/α,β-unsaturated/α-hetero) is 1. The lowest BCUT2D eigenvalue weighted by molar-refractivity contribution is -0.153. The molecule has 20 heavy (non-hydrogen) atoms. The van der Waals surface area contributed by atoms with Gasteiger partial charge in [0.15, 0.2) is 0 Å². The maximum atomic E-state index is 13.0. The van der Waals surface area contributed by atoms with Crippen molar-refractivity contribution >= 4 is 17.7 Å². The Labute approximate surface area is 114 Å². The molecule has 0 aromatic heterocycles. The Morgan fingerprint density at radius 1 is 1.20 bits per heavy atom. The van der Waals surface area contributed by atoms with Crippen molar-refractivity contribution in [2.24, 2.45) is 5.92 Å². The summed E-state index contributed by atoms with van der Waals surface area (Å²) in [6.45, 7) is 0. The highest BCUT2D eigenvalue weighted by Gasteiger charge is 2.49. The average Bonchev–Trinajstić information content (AvgIpc) is 2.40. The minimum Gasteiger partial charge on any atom is -0.481 e. The van der Waals surface area contributed by atoms with Gasteiger partial charge in [0.1, 0.15) is 17.5 Å². The van der Waals surface area contributed by atoms with Gasteiger partial charge in [0.25, 0.3) is 0 Å². The first-order valence-electron chi connectivity index (χ1n) is 6.12. The quantitative estimate of drug-likeness (QED) is 0.820. The number of ketones is 1. The monoisotopic (exact) mass is 280 g/mol. The lowest BCUT2D eigenvalue weighted by Gasteiger charge is -2.35. The van der Waals surface area contributed by atoms with Crippen molar-refractivity contribution in [2.75, 3.05) is 0 Å². The number of hydrogen-bond donors (Lipinski definition) is 2. The Morgan fingerprint density at radius 3 is 2.30 bits per heavy atom. The van der Waals surface area contributed by atoms with Crippen molar-refractivity contribution in [2.45, 2.75) is 24.7 Å². The second kappa shape index (κ2) is 5.03. The Hall–Kier alpha value is -2.24. The molecule has 0 aliphatic heterocycles. The largest absolute Gasteiger partial charge is 0.481 e. The molecule has 0 radical (unpaired) electrons. The molecule has 1 aromatic carbocycles. The SMILES string of the molecule is O=C(O)C1CC(C(=O)O)(c2ccc(F)cc2)CCC1=O. The minimum atomic E-state index is -1.45. The number of aliphatic carboxylic acids is 2. The van der Waals surface area contributed by atoms with E-state index in [1.165, 1.54) is 12.1 Å². The van der Waals surface area contributed by atoms with Crippen LogP contribution in [0.15, 0.2) is 24.3 Å². The van der Waals surface area contributed by atoms with Crippen LogP contribution in [-0.4, -0.2) is 27.9 Å². The van der Waals surface area contributed by atoms with Crippen LogP contribution in [0.5, 0.6) is 0 Å². The molecule has 106 valence electrons. The fraction of sp³-hybridized carbons (Fsp3) is 0.357. The summed E-state index contributed by atoms with van der Waals surface area (Å²) in [4.78, 5) is 34.3. The molecule has 0 saturated heterocycles. The van der Waals surface area contributed by atoms with E-state index in [-0.39, 0.29) is 19.3 Å². The smallest absolute Gasteiger partial charge is 0.314 e. The molecule has 6 heteroatoms. The van der Waals surface area contributed by atoms with Crippen LogP contribution in [0.3, 0.4) is 0 Å². The molecule has 2 rings (SSSR count). The molecule has 0 amide bonds. The lowest BCUT2D eigenvalue weighted by atomic mass is 9.65. The Kier molecular flexibility index (Phi) is 3.57. The molecule has 1 saturated carbocycles. The van der Waals surface area contributed by atoms with E-state index in [0.29, 0.717) is 5.56 Å². The fourth-order valence-corrected chi connectivity index (χ4v) is 2.65. The van der Waals surface area contributed by atoms with E-state index in [2.05, 4.69) is 0 Å². The van der Waals surface area contributed by atoms with Gasteiger partial charge in [-0.25, -0.2) is 4.39 Å². The fourth-order valence-electron chi connectivity index (χ4n) is 2.65. The standard InChI is InChI=1S/C14H13FO5/c15-9-3-1-8(2-4-9)14(13(19)20)6-5-11(16)10(7-14)12(17)18/h1-4,10H,5-7H2,(H,17,18)(H,19,20). The second-order valence-corrected chi connectivity index (χ2v) is 4.96. The van der Waals surface area contributed by atoms with Crippen LogP contribution in [0.1, 0.15) is 24.8 Å². The highest BCUT2D eigenvalue weighted by atomic mass is 19.1. The summed E-state index contributed by atoms with van der Waals surface area (Å²) in [5, 5.41) is 18.5. The molecule has 2 unspecified atom stereocenters. The maximum Gasteiger partial charge on any atom is 0.314 e. The lowest BCUT2D eigenvalue weighted by Crippen LogP contribution is -2.45. The first-order valence-corrected chi connectivity index (χ1v) is 6.12. The third kappa shape index (κ3) is 2.29. The summed E-state index contributed by atoms with van der Waals surface area (Å²) < 4.78 is 13.0. The van der Waals surface area contributed by atoms with Crippen molar-refractivity contribution < 1.29 is 29.0 Å². The molecule has 0 heterocycles. The molecule has 1 aliphatic carbocycles.